The normalized spacial score (nSPS) is 11.1. The summed E-state index contributed by atoms with van der Waals surface area (Å²) >= 11 is 0. The predicted molar refractivity (Wildman–Crippen MR) is 66.4 cm³/mol. The topological polar surface area (TPSA) is 0 Å². The molecule has 0 N–H and O–H groups in total. The maximum atomic E-state index is 2.32. The van der Waals surface area contributed by atoms with Crippen molar-refractivity contribution in [2.45, 2.75) is 6.16 Å². The van der Waals surface area contributed by atoms with Crippen molar-refractivity contribution in [1.82, 2.24) is 0 Å². The van der Waals surface area contributed by atoms with Gasteiger partial charge in [-0.15, -0.1) is 7.92 Å². The van der Waals surface area contributed by atoms with Gasteiger partial charge in [-0.1, -0.05) is 42.5 Å². The minimum atomic E-state index is 0.168. The van der Waals surface area contributed by atoms with E-state index in [9.17, 15) is 0 Å². The van der Waals surface area contributed by atoms with Crippen LogP contribution in [0.25, 0.3) is 10.8 Å². The Morgan fingerprint density at radius 2 is 1.64 bits per heavy atom. The average Bonchev–Trinajstić information content (AvgIpc) is 2.17. The van der Waals surface area contributed by atoms with Crippen molar-refractivity contribution in [3.05, 3.63) is 48.0 Å². The molecule has 0 heterocycles. The van der Waals surface area contributed by atoms with E-state index in [1.807, 2.05) is 0 Å². The highest BCUT2D eigenvalue weighted by molar-refractivity contribution is 7.55. The van der Waals surface area contributed by atoms with Gasteiger partial charge in [0.05, 0.1) is 0 Å². The molecule has 0 amide bonds. The largest absolute Gasteiger partial charge is 0.109 e. The van der Waals surface area contributed by atoms with E-state index in [-0.39, 0.29) is 7.92 Å². The molecule has 0 bridgehead atoms. The molecule has 0 atom stereocenters. The van der Waals surface area contributed by atoms with Crippen LogP contribution in [0, 0.1) is 0 Å². The van der Waals surface area contributed by atoms with Gasteiger partial charge in [0.15, 0.2) is 0 Å². The number of rotatable bonds is 2. The fourth-order valence-electron chi connectivity index (χ4n) is 1.70. The van der Waals surface area contributed by atoms with Crippen LogP contribution in [0.1, 0.15) is 5.56 Å². The van der Waals surface area contributed by atoms with E-state index in [0.29, 0.717) is 0 Å². The van der Waals surface area contributed by atoms with Gasteiger partial charge in [0.25, 0.3) is 0 Å². The molecule has 0 aromatic heterocycles. The summed E-state index contributed by atoms with van der Waals surface area (Å²) in [5.74, 6) is 0. The Bertz CT molecular complexity index is 432. The van der Waals surface area contributed by atoms with Gasteiger partial charge in [-0.3, -0.25) is 0 Å². The Kier molecular flexibility index (Phi) is 2.84. The second-order valence-corrected chi connectivity index (χ2v) is 6.39. The summed E-state index contributed by atoms with van der Waals surface area (Å²) in [6, 6.07) is 15.3. The van der Waals surface area contributed by atoms with E-state index < -0.39 is 0 Å². The third-order valence-corrected chi connectivity index (χ3v) is 3.31. The first kappa shape index (κ1) is 9.68. The van der Waals surface area contributed by atoms with Crippen LogP contribution in [0.2, 0.25) is 0 Å². The van der Waals surface area contributed by atoms with Gasteiger partial charge in [-0.05, 0) is 35.8 Å². The average molecular weight is 202 g/mol. The second kappa shape index (κ2) is 4.11. The van der Waals surface area contributed by atoms with Crippen molar-refractivity contribution in [3.63, 3.8) is 0 Å². The van der Waals surface area contributed by atoms with Crippen molar-refractivity contribution in [2.24, 2.45) is 0 Å². The predicted octanol–water partition coefficient (Wildman–Crippen LogP) is 4.08. The zero-order chi connectivity index (χ0) is 9.97. The molecule has 0 radical (unpaired) electrons. The molecule has 0 spiro atoms. The minimum Gasteiger partial charge on any atom is -0.109 e. The first-order valence-electron chi connectivity index (χ1n) is 4.88. The lowest BCUT2D eigenvalue weighted by Gasteiger charge is -2.06. The maximum absolute atomic E-state index is 2.32. The molecule has 0 aliphatic rings. The number of benzene rings is 2. The van der Waals surface area contributed by atoms with Crippen LogP contribution < -0.4 is 0 Å². The molecule has 1 heteroatoms. The molecule has 0 unspecified atom stereocenters. The van der Waals surface area contributed by atoms with Crippen LogP contribution in [0.15, 0.2) is 42.5 Å². The SMILES string of the molecule is CP(C)Cc1ccc2ccccc2c1. The summed E-state index contributed by atoms with van der Waals surface area (Å²) < 4.78 is 0. The first-order chi connectivity index (χ1) is 6.75. The van der Waals surface area contributed by atoms with Crippen LogP contribution in [-0.2, 0) is 6.16 Å². The fraction of sp³-hybridized carbons (Fsp3) is 0.231. The standard InChI is InChI=1S/C13H15P/c1-14(2)10-11-7-8-12-5-3-4-6-13(12)9-11/h3-9H,10H2,1-2H3. The Hall–Kier alpha value is -0.870. The van der Waals surface area contributed by atoms with Gasteiger partial charge >= 0.3 is 0 Å². The van der Waals surface area contributed by atoms with E-state index in [1.54, 1.807) is 0 Å². The van der Waals surface area contributed by atoms with Crippen molar-refractivity contribution in [3.8, 4) is 0 Å². The Morgan fingerprint density at radius 1 is 0.929 bits per heavy atom. The smallest absolute Gasteiger partial charge is 0.00778 e. The first-order valence-corrected chi connectivity index (χ1v) is 7.30. The lowest BCUT2D eigenvalue weighted by molar-refractivity contribution is 1.42. The molecule has 0 saturated heterocycles. The quantitative estimate of drug-likeness (QED) is 0.643. The van der Waals surface area contributed by atoms with Gasteiger partial charge < -0.3 is 0 Å². The van der Waals surface area contributed by atoms with E-state index in [4.69, 9.17) is 0 Å². The molecule has 14 heavy (non-hydrogen) atoms. The van der Waals surface area contributed by atoms with Gasteiger partial charge in [-0.2, -0.15) is 0 Å². The molecule has 2 rings (SSSR count). The van der Waals surface area contributed by atoms with E-state index in [2.05, 4.69) is 55.8 Å². The van der Waals surface area contributed by atoms with Crippen LogP contribution >= 0.6 is 7.92 Å². The van der Waals surface area contributed by atoms with E-state index >= 15 is 0 Å². The molecule has 2 aromatic rings. The molecule has 0 aliphatic heterocycles. The van der Waals surface area contributed by atoms with Gasteiger partial charge in [0.1, 0.15) is 0 Å². The second-order valence-electron chi connectivity index (χ2n) is 3.92. The van der Waals surface area contributed by atoms with E-state index in [1.165, 1.54) is 22.5 Å². The molecular weight excluding hydrogens is 187 g/mol. The van der Waals surface area contributed by atoms with Crippen LogP contribution in [0.5, 0.6) is 0 Å². The van der Waals surface area contributed by atoms with Gasteiger partial charge in [-0.25, -0.2) is 0 Å². The summed E-state index contributed by atoms with van der Waals surface area (Å²) in [7, 11) is 0.168. The lowest BCUT2D eigenvalue weighted by atomic mass is 10.1. The van der Waals surface area contributed by atoms with Gasteiger partial charge in [0, 0.05) is 0 Å². The third kappa shape index (κ3) is 2.13. The number of hydrogen-bond donors (Lipinski definition) is 0. The Morgan fingerprint density at radius 3 is 2.36 bits per heavy atom. The highest BCUT2D eigenvalue weighted by Crippen LogP contribution is 2.31. The Labute approximate surface area is 86.7 Å². The summed E-state index contributed by atoms with van der Waals surface area (Å²) in [5, 5.41) is 2.70. The van der Waals surface area contributed by atoms with Crippen LogP contribution in [-0.4, -0.2) is 13.3 Å². The summed E-state index contributed by atoms with van der Waals surface area (Å²) in [6.07, 6.45) is 1.24. The molecule has 72 valence electrons. The highest BCUT2D eigenvalue weighted by atomic mass is 31.1. The van der Waals surface area contributed by atoms with Crippen LogP contribution in [0.4, 0.5) is 0 Å². The molecular formula is C13H15P. The van der Waals surface area contributed by atoms with Crippen LogP contribution in [0.3, 0.4) is 0 Å². The van der Waals surface area contributed by atoms with Gasteiger partial charge in [0.2, 0.25) is 0 Å². The molecule has 0 aliphatic carbocycles. The summed E-state index contributed by atoms with van der Waals surface area (Å²) in [6.45, 7) is 4.65. The Balaban J connectivity index is 2.41. The molecule has 0 fully saturated rings. The minimum absolute atomic E-state index is 0.168. The maximum Gasteiger partial charge on any atom is -0.00778 e. The van der Waals surface area contributed by atoms with Crippen molar-refractivity contribution in [1.29, 1.82) is 0 Å². The number of fused-ring (bicyclic) bond motifs is 1. The molecule has 0 saturated carbocycles. The highest BCUT2D eigenvalue weighted by Gasteiger charge is 1.98. The van der Waals surface area contributed by atoms with Crippen molar-refractivity contribution < 1.29 is 0 Å². The fourth-order valence-corrected chi connectivity index (χ4v) is 2.63. The van der Waals surface area contributed by atoms with Crippen molar-refractivity contribution in [2.75, 3.05) is 13.3 Å². The molecule has 0 nitrogen and oxygen atoms in total. The monoisotopic (exact) mass is 202 g/mol. The summed E-state index contributed by atoms with van der Waals surface area (Å²) in [5.41, 5.74) is 1.47. The zero-order valence-corrected chi connectivity index (χ0v) is 9.59. The number of hydrogen-bond acceptors (Lipinski definition) is 0. The zero-order valence-electron chi connectivity index (χ0n) is 8.70. The van der Waals surface area contributed by atoms with E-state index in [0.717, 1.165) is 0 Å². The lowest BCUT2D eigenvalue weighted by Crippen LogP contribution is -1.82. The molecule has 2 aromatic carbocycles. The summed E-state index contributed by atoms with van der Waals surface area (Å²) in [4.78, 5) is 0. The third-order valence-electron chi connectivity index (χ3n) is 2.31. The van der Waals surface area contributed by atoms with Crippen molar-refractivity contribution >= 4 is 18.7 Å².